The fourth-order valence-electron chi connectivity index (χ4n) is 6.50. The van der Waals surface area contributed by atoms with Crippen molar-refractivity contribution in [2.24, 2.45) is 28.8 Å². The molecule has 3 heterocycles. The molecule has 6 rings (SSSR count). The summed E-state index contributed by atoms with van der Waals surface area (Å²) in [6, 6.07) is 8.14. The molecule has 2 aliphatic carbocycles. The number of carbonyl (C=O) groups excluding carboxylic acids is 1. The van der Waals surface area contributed by atoms with Crippen LogP contribution in [0.4, 0.5) is 5.69 Å². The smallest absolute Gasteiger partial charge is 0.226 e. The van der Waals surface area contributed by atoms with Crippen molar-refractivity contribution in [3.05, 3.63) is 28.8 Å². The van der Waals surface area contributed by atoms with Crippen molar-refractivity contribution in [2.45, 2.75) is 38.1 Å². The quantitative estimate of drug-likeness (QED) is 0.681. The molecule has 8 heteroatoms. The monoisotopic (exact) mass is 467 g/mol. The minimum Gasteiger partial charge on any atom is -0.378 e. The van der Waals surface area contributed by atoms with Gasteiger partial charge in [-0.1, -0.05) is 24.4 Å². The fraction of sp³-hybridized carbons (Fsp3) is 0.640. The number of rotatable bonds is 3. The van der Waals surface area contributed by atoms with E-state index in [1.54, 1.807) is 6.07 Å². The number of nitriles is 1. The number of hydrazone groups is 1. The third kappa shape index (κ3) is 3.77. The Morgan fingerprint density at radius 3 is 2.55 bits per heavy atom. The first kappa shape index (κ1) is 21.2. The van der Waals surface area contributed by atoms with Crippen molar-refractivity contribution in [1.82, 2.24) is 9.80 Å². The van der Waals surface area contributed by atoms with Crippen molar-refractivity contribution < 1.29 is 9.53 Å². The molecule has 7 nitrogen and oxygen atoms in total. The average molecular weight is 468 g/mol. The predicted molar refractivity (Wildman–Crippen MR) is 126 cm³/mol. The number of halogens is 1. The molecule has 2 unspecified atom stereocenters. The SMILES string of the molecule is N#Cc1ccc(N2N=C(N3C[C@@H]4C(C(=O)N5CCOCC5)[C@@H]4C3)CC2C2CCCC2)cc1Cl. The fourth-order valence-corrected chi connectivity index (χ4v) is 6.72. The van der Waals surface area contributed by atoms with E-state index in [0.29, 0.717) is 53.5 Å². The predicted octanol–water partition coefficient (Wildman–Crippen LogP) is 3.33. The summed E-state index contributed by atoms with van der Waals surface area (Å²) in [6.07, 6.45) is 6.02. The Morgan fingerprint density at radius 1 is 1.15 bits per heavy atom. The second-order valence-corrected chi connectivity index (χ2v) is 10.6. The summed E-state index contributed by atoms with van der Waals surface area (Å²) in [7, 11) is 0. The van der Waals surface area contributed by atoms with Crippen LogP contribution in [-0.4, -0.2) is 67.0 Å². The number of hydrogen-bond acceptors (Lipinski definition) is 6. The number of nitrogens with zero attached hydrogens (tertiary/aromatic N) is 5. The van der Waals surface area contributed by atoms with Gasteiger partial charge in [0.05, 0.1) is 35.5 Å². The number of benzene rings is 1. The summed E-state index contributed by atoms with van der Waals surface area (Å²) in [6.45, 7) is 4.66. The Balaban J connectivity index is 1.17. The van der Waals surface area contributed by atoms with E-state index in [0.717, 1.165) is 44.1 Å². The molecule has 33 heavy (non-hydrogen) atoms. The van der Waals surface area contributed by atoms with Crippen LogP contribution >= 0.6 is 11.6 Å². The molecule has 1 aromatic rings. The number of amidine groups is 1. The van der Waals surface area contributed by atoms with Crippen LogP contribution in [0, 0.1) is 35.0 Å². The molecule has 2 saturated heterocycles. The first-order valence-corrected chi connectivity index (χ1v) is 12.7. The van der Waals surface area contributed by atoms with Crippen molar-refractivity contribution in [2.75, 3.05) is 44.4 Å². The number of anilines is 1. The van der Waals surface area contributed by atoms with Gasteiger partial charge in [0.25, 0.3) is 0 Å². The highest BCUT2D eigenvalue weighted by atomic mass is 35.5. The zero-order valence-corrected chi connectivity index (χ0v) is 19.6. The number of likely N-dealkylation sites (tertiary alicyclic amines) is 1. The summed E-state index contributed by atoms with van der Waals surface area (Å²) in [4.78, 5) is 17.3. The number of hydrogen-bond donors (Lipinski definition) is 0. The first-order valence-electron chi connectivity index (χ1n) is 12.3. The zero-order valence-electron chi connectivity index (χ0n) is 18.8. The molecule has 0 spiro atoms. The third-order valence-electron chi connectivity index (χ3n) is 8.38. The largest absolute Gasteiger partial charge is 0.378 e. The van der Waals surface area contributed by atoms with Gasteiger partial charge in [-0.05, 0) is 48.8 Å². The van der Waals surface area contributed by atoms with Crippen molar-refractivity contribution >= 4 is 29.0 Å². The van der Waals surface area contributed by atoms with E-state index in [4.69, 9.17) is 21.4 Å². The normalized spacial score (nSPS) is 31.5. The standard InChI is InChI=1S/C25H30ClN5O2/c26-21-11-18(6-5-17(21)13-27)31-22(16-3-1-2-4-16)12-23(28-31)30-14-19-20(15-30)24(19)25(32)29-7-9-33-10-8-29/h5-6,11,16,19-20,22,24H,1-4,7-10,12,14-15H2/t19-,20+,22?,24?. The van der Waals surface area contributed by atoms with Crippen molar-refractivity contribution in [1.29, 1.82) is 5.26 Å². The number of ether oxygens (including phenoxy) is 1. The van der Waals surface area contributed by atoms with E-state index in [9.17, 15) is 10.1 Å². The second kappa shape index (κ2) is 8.48. The third-order valence-corrected chi connectivity index (χ3v) is 8.69. The van der Waals surface area contributed by atoms with Crippen LogP contribution in [0.15, 0.2) is 23.3 Å². The van der Waals surface area contributed by atoms with Crippen LogP contribution in [0.2, 0.25) is 5.02 Å². The molecule has 1 amide bonds. The maximum Gasteiger partial charge on any atom is 0.226 e. The number of carbonyl (C=O) groups is 1. The molecule has 4 atom stereocenters. The molecule has 5 aliphatic rings. The highest BCUT2D eigenvalue weighted by Gasteiger charge is 2.61. The summed E-state index contributed by atoms with van der Waals surface area (Å²) >= 11 is 6.36. The van der Waals surface area contributed by atoms with Gasteiger partial charge in [-0.25, -0.2) is 0 Å². The van der Waals surface area contributed by atoms with Crippen molar-refractivity contribution in [3.8, 4) is 6.07 Å². The number of amides is 1. The van der Waals surface area contributed by atoms with Crippen LogP contribution in [0.5, 0.6) is 0 Å². The molecule has 2 saturated carbocycles. The van der Waals surface area contributed by atoms with Gasteiger partial charge in [0.1, 0.15) is 11.9 Å². The van der Waals surface area contributed by atoms with Gasteiger partial charge in [-0.2, -0.15) is 10.4 Å². The minimum atomic E-state index is 0.195. The number of piperidine rings is 1. The topological polar surface area (TPSA) is 72.2 Å². The molecule has 4 fully saturated rings. The lowest BCUT2D eigenvalue weighted by molar-refractivity contribution is -0.137. The van der Waals surface area contributed by atoms with Crippen LogP contribution in [0.1, 0.15) is 37.7 Å². The van der Waals surface area contributed by atoms with Crippen LogP contribution in [0.25, 0.3) is 0 Å². The maximum atomic E-state index is 12.9. The van der Waals surface area contributed by atoms with E-state index in [-0.39, 0.29) is 5.92 Å². The second-order valence-electron chi connectivity index (χ2n) is 10.1. The Bertz CT molecular complexity index is 999. The molecule has 0 aromatic heterocycles. The first-order chi connectivity index (χ1) is 16.1. The molecule has 0 N–H and O–H groups in total. The van der Waals surface area contributed by atoms with Crippen LogP contribution in [0.3, 0.4) is 0 Å². The van der Waals surface area contributed by atoms with Gasteiger partial charge in [0.15, 0.2) is 0 Å². The van der Waals surface area contributed by atoms with Crippen LogP contribution in [-0.2, 0) is 9.53 Å². The van der Waals surface area contributed by atoms with Gasteiger partial charge in [-0.15, -0.1) is 0 Å². The van der Waals surface area contributed by atoms with E-state index >= 15 is 0 Å². The summed E-state index contributed by atoms with van der Waals surface area (Å²) < 4.78 is 5.40. The Morgan fingerprint density at radius 2 is 1.88 bits per heavy atom. The molecular formula is C25H30ClN5O2. The zero-order chi connectivity index (χ0) is 22.5. The Hall–Kier alpha value is -2.30. The van der Waals surface area contributed by atoms with Gasteiger partial charge < -0.3 is 14.5 Å². The molecule has 3 aliphatic heterocycles. The average Bonchev–Trinajstić information content (AvgIpc) is 3.34. The van der Waals surface area contributed by atoms with E-state index < -0.39 is 0 Å². The number of fused-ring (bicyclic) bond motifs is 1. The highest BCUT2D eigenvalue weighted by Crippen LogP contribution is 2.53. The molecule has 1 aromatic carbocycles. The lowest BCUT2D eigenvalue weighted by atomic mass is 9.94. The molecule has 0 radical (unpaired) electrons. The Labute approximate surface area is 199 Å². The Kier molecular flexibility index (Phi) is 5.46. The van der Waals surface area contributed by atoms with Gasteiger partial charge >= 0.3 is 0 Å². The lowest BCUT2D eigenvalue weighted by Crippen LogP contribution is -2.43. The van der Waals surface area contributed by atoms with Crippen LogP contribution < -0.4 is 5.01 Å². The summed E-state index contributed by atoms with van der Waals surface area (Å²) in [5.74, 6) is 3.24. The van der Waals surface area contributed by atoms with E-state index in [1.807, 2.05) is 17.0 Å². The van der Waals surface area contributed by atoms with Gasteiger partial charge in [-0.3, -0.25) is 9.80 Å². The number of morpholine rings is 1. The van der Waals surface area contributed by atoms with Crippen molar-refractivity contribution in [3.63, 3.8) is 0 Å². The van der Waals surface area contributed by atoms with Gasteiger partial charge in [0.2, 0.25) is 5.91 Å². The van der Waals surface area contributed by atoms with Gasteiger partial charge in [0, 0.05) is 38.5 Å². The molecule has 0 bridgehead atoms. The lowest BCUT2D eigenvalue weighted by Gasteiger charge is -2.29. The molecular weight excluding hydrogens is 438 g/mol. The summed E-state index contributed by atoms with van der Waals surface area (Å²) in [5.41, 5.74) is 1.47. The highest BCUT2D eigenvalue weighted by molar-refractivity contribution is 6.32. The summed E-state index contributed by atoms with van der Waals surface area (Å²) in [5, 5.41) is 17.0. The van der Waals surface area contributed by atoms with E-state index in [2.05, 4.69) is 16.0 Å². The maximum absolute atomic E-state index is 12.9. The molecule has 174 valence electrons. The van der Waals surface area contributed by atoms with E-state index in [1.165, 1.54) is 25.7 Å². The minimum absolute atomic E-state index is 0.195.